The van der Waals surface area contributed by atoms with Crippen LogP contribution in [0.15, 0.2) is 43.0 Å². The second-order valence-electron chi connectivity index (χ2n) is 6.36. The highest BCUT2D eigenvalue weighted by atomic mass is 16.2. The predicted molar refractivity (Wildman–Crippen MR) is 99.4 cm³/mol. The van der Waals surface area contributed by atoms with Crippen LogP contribution in [0.5, 0.6) is 0 Å². The van der Waals surface area contributed by atoms with Crippen molar-refractivity contribution in [2.75, 3.05) is 10.6 Å². The molecule has 1 aromatic heterocycles. The summed E-state index contributed by atoms with van der Waals surface area (Å²) in [6.07, 6.45) is 2.34. The number of hydrogen-bond donors (Lipinski definition) is 2. The quantitative estimate of drug-likeness (QED) is 0.761. The maximum Gasteiger partial charge on any atom is 0.247 e. The smallest absolute Gasteiger partial charge is 0.247 e. The number of aryl methyl sites for hydroxylation is 1. The van der Waals surface area contributed by atoms with Gasteiger partial charge in [-0.15, -0.1) is 0 Å². The summed E-state index contributed by atoms with van der Waals surface area (Å²) in [5.41, 5.74) is 2.49. The van der Waals surface area contributed by atoms with E-state index in [1.165, 1.54) is 6.08 Å². The van der Waals surface area contributed by atoms with E-state index in [9.17, 15) is 9.59 Å². The Kier molecular flexibility index (Phi) is 6.11. The van der Waals surface area contributed by atoms with Gasteiger partial charge in [0.1, 0.15) is 5.82 Å². The standard InChI is InChI=1S/C19H24N4O2/c1-5-18(24)20-15-8-6-14(7-9-15)11-19(25)21-17-12-16(10-13(2)3)22-23(17)4/h5-9,12-13H,1,10-11H2,2-4H3,(H,20,24)(H,21,25). The first-order valence-corrected chi connectivity index (χ1v) is 8.22. The van der Waals surface area contributed by atoms with Crippen molar-refractivity contribution in [1.82, 2.24) is 9.78 Å². The molecule has 2 amide bonds. The van der Waals surface area contributed by atoms with Gasteiger partial charge in [-0.05, 0) is 36.1 Å². The summed E-state index contributed by atoms with van der Waals surface area (Å²) in [5, 5.41) is 9.97. The van der Waals surface area contributed by atoms with Crippen LogP contribution in [-0.4, -0.2) is 21.6 Å². The third kappa shape index (κ3) is 5.60. The topological polar surface area (TPSA) is 76.0 Å². The van der Waals surface area contributed by atoms with Gasteiger partial charge in [0.25, 0.3) is 0 Å². The number of rotatable bonds is 7. The summed E-state index contributed by atoms with van der Waals surface area (Å²) in [4.78, 5) is 23.5. The van der Waals surface area contributed by atoms with E-state index in [2.05, 4.69) is 36.2 Å². The highest BCUT2D eigenvalue weighted by Crippen LogP contribution is 2.14. The minimum Gasteiger partial charge on any atom is -0.323 e. The summed E-state index contributed by atoms with van der Waals surface area (Å²) in [6.45, 7) is 7.67. The molecule has 2 rings (SSSR count). The molecular weight excluding hydrogens is 316 g/mol. The van der Waals surface area contributed by atoms with Crippen molar-refractivity contribution in [2.24, 2.45) is 13.0 Å². The zero-order valence-corrected chi connectivity index (χ0v) is 14.9. The fraction of sp³-hybridized carbons (Fsp3) is 0.316. The number of amides is 2. The Morgan fingerprint density at radius 2 is 1.92 bits per heavy atom. The summed E-state index contributed by atoms with van der Waals surface area (Å²) >= 11 is 0. The van der Waals surface area contributed by atoms with Gasteiger partial charge in [0.05, 0.1) is 12.1 Å². The molecule has 0 fully saturated rings. The molecule has 1 heterocycles. The Morgan fingerprint density at radius 3 is 2.52 bits per heavy atom. The molecule has 0 aliphatic heterocycles. The second kappa shape index (κ2) is 8.28. The van der Waals surface area contributed by atoms with Gasteiger partial charge in [-0.2, -0.15) is 5.10 Å². The fourth-order valence-electron chi connectivity index (χ4n) is 2.43. The molecule has 0 aliphatic rings. The normalized spacial score (nSPS) is 10.6. The Hall–Kier alpha value is -2.89. The molecule has 0 aliphatic carbocycles. The van der Waals surface area contributed by atoms with Gasteiger partial charge in [-0.25, -0.2) is 0 Å². The SMILES string of the molecule is C=CC(=O)Nc1ccc(CC(=O)Nc2cc(CC(C)C)nn2C)cc1. The highest BCUT2D eigenvalue weighted by molar-refractivity contribution is 5.98. The van der Waals surface area contributed by atoms with Crippen molar-refractivity contribution in [3.63, 3.8) is 0 Å². The zero-order valence-electron chi connectivity index (χ0n) is 14.9. The molecular formula is C19H24N4O2. The zero-order chi connectivity index (χ0) is 18.4. The average Bonchev–Trinajstić information content (AvgIpc) is 2.87. The van der Waals surface area contributed by atoms with Crippen LogP contribution in [0.25, 0.3) is 0 Å². The lowest BCUT2D eigenvalue weighted by Crippen LogP contribution is -2.16. The monoisotopic (exact) mass is 340 g/mol. The van der Waals surface area contributed by atoms with E-state index in [1.54, 1.807) is 16.8 Å². The Bertz CT molecular complexity index is 760. The lowest BCUT2D eigenvalue weighted by molar-refractivity contribution is -0.115. The molecule has 0 bridgehead atoms. The second-order valence-corrected chi connectivity index (χ2v) is 6.36. The number of anilines is 2. The van der Waals surface area contributed by atoms with Crippen molar-refractivity contribution in [1.29, 1.82) is 0 Å². The molecule has 0 saturated heterocycles. The first-order valence-electron chi connectivity index (χ1n) is 8.22. The van der Waals surface area contributed by atoms with Gasteiger partial charge in [0.15, 0.2) is 0 Å². The lowest BCUT2D eigenvalue weighted by Gasteiger charge is -2.06. The van der Waals surface area contributed by atoms with E-state index in [-0.39, 0.29) is 18.2 Å². The summed E-state index contributed by atoms with van der Waals surface area (Å²) in [7, 11) is 1.82. The van der Waals surface area contributed by atoms with Gasteiger partial charge in [-0.1, -0.05) is 32.6 Å². The third-order valence-corrected chi connectivity index (χ3v) is 3.59. The number of carbonyl (C=O) groups excluding carboxylic acids is 2. The fourth-order valence-corrected chi connectivity index (χ4v) is 2.43. The Morgan fingerprint density at radius 1 is 1.24 bits per heavy atom. The van der Waals surface area contributed by atoms with Crippen LogP contribution in [0.4, 0.5) is 11.5 Å². The average molecular weight is 340 g/mol. The number of aromatic nitrogens is 2. The van der Waals surface area contributed by atoms with Crippen LogP contribution in [0.2, 0.25) is 0 Å². The predicted octanol–water partition coefficient (Wildman–Crippen LogP) is 2.92. The van der Waals surface area contributed by atoms with Gasteiger partial charge >= 0.3 is 0 Å². The molecule has 0 atom stereocenters. The Labute approximate surface area is 147 Å². The minimum absolute atomic E-state index is 0.109. The van der Waals surface area contributed by atoms with Gasteiger partial charge in [-0.3, -0.25) is 14.3 Å². The first-order chi connectivity index (χ1) is 11.9. The first kappa shape index (κ1) is 18.4. The minimum atomic E-state index is -0.265. The van der Waals surface area contributed by atoms with Crippen LogP contribution >= 0.6 is 0 Å². The van der Waals surface area contributed by atoms with E-state index in [4.69, 9.17) is 0 Å². The largest absolute Gasteiger partial charge is 0.323 e. The third-order valence-electron chi connectivity index (χ3n) is 3.59. The number of hydrogen-bond acceptors (Lipinski definition) is 3. The van der Waals surface area contributed by atoms with Crippen LogP contribution in [0, 0.1) is 5.92 Å². The molecule has 6 nitrogen and oxygen atoms in total. The summed E-state index contributed by atoms with van der Waals surface area (Å²) < 4.78 is 1.68. The maximum absolute atomic E-state index is 12.2. The molecule has 6 heteroatoms. The molecule has 2 aromatic rings. The van der Waals surface area contributed by atoms with Gasteiger partial charge in [0.2, 0.25) is 11.8 Å². The van der Waals surface area contributed by atoms with Crippen LogP contribution in [0.3, 0.4) is 0 Å². The van der Waals surface area contributed by atoms with Gasteiger partial charge in [0, 0.05) is 18.8 Å². The molecule has 1 aromatic carbocycles. The number of nitrogens with zero attached hydrogens (tertiary/aromatic N) is 2. The lowest BCUT2D eigenvalue weighted by atomic mass is 10.1. The van der Waals surface area contributed by atoms with Gasteiger partial charge < -0.3 is 10.6 Å². The number of carbonyl (C=O) groups is 2. The summed E-state index contributed by atoms with van der Waals surface area (Å²) in [6, 6.07) is 9.05. The van der Waals surface area contributed by atoms with Crippen LogP contribution < -0.4 is 10.6 Å². The highest BCUT2D eigenvalue weighted by Gasteiger charge is 2.10. The molecule has 132 valence electrons. The van der Waals surface area contributed by atoms with Crippen molar-refractivity contribution in [3.8, 4) is 0 Å². The molecule has 0 saturated carbocycles. The van der Waals surface area contributed by atoms with Crippen LogP contribution in [0.1, 0.15) is 25.1 Å². The Balaban J connectivity index is 1.95. The van der Waals surface area contributed by atoms with Crippen molar-refractivity contribution in [3.05, 3.63) is 54.2 Å². The maximum atomic E-state index is 12.2. The van der Waals surface area contributed by atoms with Crippen molar-refractivity contribution in [2.45, 2.75) is 26.7 Å². The van der Waals surface area contributed by atoms with E-state index >= 15 is 0 Å². The van der Waals surface area contributed by atoms with Crippen LogP contribution in [-0.2, 0) is 29.5 Å². The molecule has 0 radical (unpaired) electrons. The number of nitrogens with one attached hydrogen (secondary N) is 2. The molecule has 2 N–H and O–H groups in total. The van der Waals surface area contributed by atoms with E-state index in [1.807, 2.05) is 25.2 Å². The number of benzene rings is 1. The van der Waals surface area contributed by atoms with E-state index in [0.29, 0.717) is 17.4 Å². The van der Waals surface area contributed by atoms with Crippen molar-refractivity contribution < 1.29 is 9.59 Å². The molecule has 25 heavy (non-hydrogen) atoms. The molecule has 0 spiro atoms. The van der Waals surface area contributed by atoms with Crippen molar-refractivity contribution >= 4 is 23.3 Å². The molecule has 0 unspecified atom stereocenters. The van der Waals surface area contributed by atoms with E-state index in [0.717, 1.165) is 17.7 Å². The van der Waals surface area contributed by atoms with E-state index < -0.39 is 0 Å². The summed E-state index contributed by atoms with van der Waals surface area (Å²) in [5.74, 6) is 0.829.